The average molecular weight is 275 g/mol. The fourth-order valence-corrected chi connectivity index (χ4v) is 3.22. The highest BCUT2D eigenvalue weighted by molar-refractivity contribution is 5.77. The van der Waals surface area contributed by atoms with E-state index in [1.165, 1.54) is 5.56 Å². The monoisotopic (exact) mass is 275 g/mol. The minimum absolute atomic E-state index is 0.107. The normalized spacial score (nSPS) is 25.2. The number of carbonyl (C=O) groups excluding carboxylic acids is 1. The number of carbonyl (C=O) groups is 1. The predicted molar refractivity (Wildman–Crippen MR) is 80.7 cm³/mol. The summed E-state index contributed by atoms with van der Waals surface area (Å²) in [6, 6.07) is 10.4. The molecule has 0 bridgehead atoms. The van der Waals surface area contributed by atoms with Gasteiger partial charge in [-0.2, -0.15) is 0 Å². The molecule has 0 N–H and O–H groups in total. The maximum Gasteiger partial charge on any atom is 0.222 e. The summed E-state index contributed by atoms with van der Waals surface area (Å²) < 4.78 is 5.86. The van der Waals surface area contributed by atoms with E-state index in [1.807, 2.05) is 20.2 Å². The Kier molecular flexibility index (Phi) is 4.19. The Bertz CT molecular complexity index is 467. The summed E-state index contributed by atoms with van der Waals surface area (Å²) >= 11 is 0. The third kappa shape index (κ3) is 3.21. The first kappa shape index (κ1) is 15.0. The van der Waals surface area contributed by atoms with Crippen molar-refractivity contribution in [3.8, 4) is 0 Å². The number of rotatable bonds is 3. The largest absolute Gasteiger partial charge is 0.376 e. The summed E-state index contributed by atoms with van der Waals surface area (Å²) in [5.41, 5.74) is 0.969. The molecule has 0 aromatic heterocycles. The van der Waals surface area contributed by atoms with Crippen molar-refractivity contribution >= 4 is 5.91 Å². The van der Waals surface area contributed by atoms with Crippen LogP contribution in [-0.4, -0.2) is 37.1 Å². The lowest BCUT2D eigenvalue weighted by Gasteiger charge is -2.45. The van der Waals surface area contributed by atoms with Crippen LogP contribution in [0.5, 0.6) is 0 Å². The van der Waals surface area contributed by atoms with E-state index in [-0.39, 0.29) is 16.9 Å². The summed E-state index contributed by atoms with van der Waals surface area (Å²) in [5, 5.41) is 0. The van der Waals surface area contributed by atoms with Crippen molar-refractivity contribution in [2.75, 3.05) is 20.7 Å². The van der Waals surface area contributed by atoms with Gasteiger partial charge in [0.15, 0.2) is 0 Å². The summed E-state index contributed by atoms with van der Waals surface area (Å²) in [5.74, 6) is 0.187. The quantitative estimate of drug-likeness (QED) is 0.848. The van der Waals surface area contributed by atoms with Crippen LogP contribution < -0.4 is 0 Å². The van der Waals surface area contributed by atoms with E-state index in [4.69, 9.17) is 4.74 Å². The molecule has 1 heterocycles. The van der Waals surface area contributed by atoms with Gasteiger partial charge in [0, 0.05) is 32.5 Å². The van der Waals surface area contributed by atoms with E-state index in [2.05, 4.69) is 38.1 Å². The van der Waals surface area contributed by atoms with Gasteiger partial charge in [0.05, 0.1) is 5.60 Å². The third-order valence-electron chi connectivity index (χ3n) is 4.21. The molecule has 110 valence electrons. The van der Waals surface area contributed by atoms with Crippen LogP contribution in [0.4, 0.5) is 0 Å². The number of hydrogen-bond acceptors (Lipinski definition) is 2. The lowest BCUT2D eigenvalue weighted by atomic mass is 9.67. The van der Waals surface area contributed by atoms with Gasteiger partial charge in [-0.1, -0.05) is 30.3 Å². The maximum absolute atomic E-state index is 12.3. The Labute approximate surface area is 121 Å². The van der Waals surface area contributed by atoms with Crippen LogP contribution in [0.1, 0.15) is 38.7 Å². The average Bonchev–Trinajstić information content (AvgIpc) is 2.38. The molecule has 3 heteroatoms. The molecule has 1 atom stereocenters. The van der Waals surface area contributed by atoms with Gasteiger partial charge in [-0.25, -0.2) is 0 Å². The van der Waals surface area contributed by atoms with Gasteiger partial charge in [-0.15, -0.1) is 0 Å². The lowest BCUT2D eigenvalue weighted by molar-refractivity contribution is -0.134. The molecule has 1 amide bonds. The van der Waals surface area contributed by atoms with Crippen molar-refractivity contribution in [2.24, 2.45) is 0 Å². The second-order valence-corrected chi connectivity index (χ2v) is 6.65. The molecule has 0 spiro atoms. The minimum Gasteiger partial charge on any atom is -0.376 e. The van der Waals surface area contributed by atoms with Crippen LogP contribution in [0.15, 0.2) is 30.3 Å². The first-order valence-corrected chi connectivity index (χ1v) is 7.24. The van der Waals surface area contributed by atoms with Gasteiger partial charge < -0.3 is 9.64 Å². The molecule has 0 radical (unpaired) electrons. The van der Waals surface area contributed by atoms with E-state index in [1.54, 1.807) is 4.90 Å². The van der Waals surface area contributed by atoms with Crippen LogP contribution in [-0.2, 0) is 14.9 Å². The van der Waals surface area contributed by atoms with Gasteiger partial charge in [0.2, 0.25) is 5.91 Å². The Hall–Kier alpha value is -1.35. The number of nitrogens with zero attached hydrogens (tertiary/aromatic N) is 1. The molecular weight excluding hydrogens is 250 g/mol. The molecule has 1 saturated heterocycles. The molecule has 1 aliphatic rings. The zero-order valence-electron chi connectivity index (χ0n) is 13.0. The molecular formula is C17H25NO2. The van der Waals surface area contributed by atoms with Crippen molar-refractivity contribution in [1.82, 2.24) is 4.90 Å². The van der Waals surface area contributed by atoms with Gasteiger partial charge in [0.25, 0.3) is 0 Å². The smallest absolute Gasteiger partial charge is 0.222 e. The van der Waals surface area contributed by atoms with E-state index >= 15 is 0 Å². The molecule has 1 aromatic carbocycles. The highest BCUT2D eigenvalue weighted by Crippen LogP contribution is 2.44. The number of benzene rings is 1. The van der Waals surface area contributed by atoms with Crippen LogP contribution in [0.3, 0.4) is 0 Å². The van der Waals surface area contributed by atoms with E-state index < -0.39 is 0 Å². The van der Waals surface area contributed by atoms with Gasteiger partial charge in [-0.3, -0.25) is 4.79 Å². The van der Waals surface area contributed by atoms with E-state index in [0.717, 1.165) is 12.8 Å². The van der Waals surface area contributed by atoms with Gasteiger partial charge in [-0.05, 0) is 32.3 Å². The van der Waals surface area contributed by atoms with Crippen molar-refractivity contribution in [2.45, 2.75) is 44.1 Å². The molecule has 3 nitrogen and oxygen atoms in total. The van der Waals surface area contributed by atoms with Crippen molar-refractivity contribution in [3.05, 3.63) is 35.9 Å². The molecule has 2 rings (SSSR count). The Morgan fingerprint density at radius 2 is 1.90 bits per heavy atom. The van der Waals surface area contributed by atoms with Gasteiger partial charge >= 0.3 is 0 Å². The summed E-state index contributed by atoms with van der Waals surface area (Å²) in [6.07, 6.45) is 2.33. The van der Waals surface area contributed by atoms with E-state index in [0.29, 0.717) is 13.0 Å². The second kappa shape index (κ2) is 5.57. The SMILES string of the molecule is CN(C)C(=O)CC1(c2ccccc2)CCOC(C)(C)C1. The highest BCUT2D eigenvalue weighted by Gasteiger charge is 2.43. The maximum atomic E-state index is 12.3. The van der Waals surface area contributed by atoms with Crippen LogP contribution in [0, 0.1) is 0 Å². The van der Waals surface area contributed by atoms with Crippen LogP contribution in [0.25, 0.3) is 0 Å². The van der Waals surface area contributed by atoms with Crippen molar-refractivity contribution in [3.63, 3.8) is 0 Å². The standard InChI is InChI=1S/C17H25NO2/c1-16(2)13-17(10-11-20-16,12-15(19)18(3)4)14-8-6-5-7-9-14/h5-9H,10-13H2,1-4H3. The molecule has 1 aromatic rings. The predicted octanol–water partition coefficient (Wildman–Crippen LogP) is 2.99. The third-order valence-corrected chi connectivity index (χ3v) is 4.21. The van der Waals surface area contributed by atoms with Crippen molar-refractivity contribution < 1.29 is 9.53 Å². The summed E-state index contributed by atoms with van der Waals surface area (Å²) in [7, 11) is 3.65. The first-order chi connectivity index (χ1) is 9.35. The fraction of sp³-hybridized carbons (Fsp3) is 0.588. The lowest BCUT2D eigenvalue weighted by Crippen LogP contribution is -2.46. The zero-order valence-corrected chi connectivity index (χ0v) is 13.0. The Morgan fingerprint density at radius 3 is 2.45 bits per heavy atom. The van der Waals surface area contributed by atoms with Crippen LogP contribution >= 0.6 is 0 Å². The van der Waals surface area contributed by atoms with Crippen molar-refractivity contribution in [1.29, 1.82) is 0 Å². The molecule has 1 fully saturated rings. The molecule has 0 saturated carbocycles. The second-order valence-electron chi connectivity index (χ2n) is 6.65. The number of ether oxygens (including phenoxy) is 1. The summed E-state index contributed by atoms with van der Waals surface area (Å²) in [4.78, 5) is 14.0. The number of amides is 1. The molecule has 0 aliphatic carbocycles. The molecule has 1 unspecified atom stereocenters. The van der Waals surface area contributed by atoms with E-state index in [9.17, 15) is 4.79 Å². The Balaban J connectivity index is 2.36. The molecule has 1 aliphatic heterocycles. The Morgan fingerprint density at radius 1 is 1.25 bits per heavy atom. The first-order valence-electron chi connectivity index (χ1n) is 7.24. The molecule has 20 heavy (non-hydrogen) atoms. The zero-order chi connectivity index (χ0) is 14.8. The highest BCUT2D eigenvalue weighted by atomic mass is 16.5. The summed E-state index contributed by atoms with van der Waals surface area (Å²) in [6.45, 7) is 4.94. The van der Waals surface area contributed by atoms with Crippen LogP contribution in [0.2, 0.25) is 0 Å². The fourth-order valence-electron chi connectivity index (χ4n) is 3.22. The number of hydrogen-bond donors (Lipinski definition) is 0. The van der Waals surface area contributed by atoms with Gasteiger partial charge in [0.1, 0.15) is 0 Å². The minimum atomic E-state index is -0.180. The topological polar surface area (TPSA) is 29.5 Å².